The van der Waals surface area contributed by atoms with E-state index in [0.717, 1.165) is 18.5 Å². The molecule has 2 unspecified atom stereocenters. The molecule has 1 aliphatic carbocycles. The fourth-order valence-electron chi connectivity index (χ4n) is 2.96. The molecule has 1 heterocycles. The summed E-state index contributed by atoms with van der Waals surface area (Å²) in [6.07, 6.45) is 6.17. The quantitative estimate of drug-likeness (QED) is 0.932. The predicted octanol–water partition coefficient (Wildman–Crippen LogP) is 2.79. The number of hydrogen-bond donors (Lipinski definition) is 1. The lowest BCUT2D eigenvalue weighted by Gasteiger charge is -2.21. The number of benzene rings is 1. The SMILES string of the molecule is CCC1CCCC1Nc1cc(-n2cnnn2)ccc1F. The first-order chi connectivity index (χ1) is 9.78. The van der Waals surface area contributed by atoms with E-state index in [9.17, 15) is 4.39 Å². The molecule has 1 fully saturated rings. The van der Waals surface area contributed by atoms with Crippen molar-refractivity contribution in [3.05, 3.63) is 30.3 Å². The first-order valence-electron chi connectivity index (χ1n) is 7.07. The largest absolute Gasteiger partial charge is 0.380 e. The van der Waals surface area contributed by atoms with Crippen molar-refractivity contribution in [2.75, 3.05) is 5.32 Å². The Hall–Kier alpha value is -1.98. The molecule has 20 heavy (non-hydrogen) atoms. The Bertz CT molecular complexity index is 569. The van der Waals surface area contributed by atoms with Crippen LogP contribution in [-0.4, -0.2) is 26.2 Å². The minimum absolute atomic E-state index is 0.233. The summed E-state index contributed by atoms with van der Waals surface area (Å²) in [7, 11) is 0. The molecule has 2 atom stereocenters. The molecule has 0 spiro atoms. The maximum absolute atomic E-state index is 14.0. The summed E-state index contributed by atoms with van der Waals surface area (Å²) in [5.41, 5.74) is 1.29. The van der Waals surface area contributed by atoms with Crippen LogP contribution in [-0.2, 0) is 0 Å². The number of nitrogens with zero attached hydrogens (tertiary/aromatic N) is 4. The molecule has 0 radical (unpaired) electrons. The highest BCUT2D eigenvalue weighted by molar-refractivity contribution is 5.52. The normalized spacial score (nSPS) is 22.1. The van der Waals surface area contributed by atoms with Gasteiger partial charge in [0, 0.05) is 6.04 Å². The van der Waals surface area contributed by atoms with Gasteiger partial charge in [-0.3, -0.25) is 0 Å². The third-order valence-corrected chi connectivity index (χ3v) is 4.09. The average molecular weight is 275 g/mol. The molecule has 3 rings (SSSR count). The highest BCUT2D eigenvalue weighted by atomic mass is 19.1. The molecule has 5 nitrogen and oxygen atoms in total. The first-order valence-corrected chi connectivity index (χ1v) is 7.07. The number of halogens is 1. The third-order valence-electron chi connectivity index (χ3n) is 4.09. The van der Waals surface area contributed by atoms with E-state index in [4.69, 9.17) is 0 Å². The average Bonchev–Trinajstić information content (AvgIpc) is 3.12. The molecule has 2 aromatic rings. The maximum atomic E-state index is 14.0. The van der Waals surface area contributed by atoms with E-state index >= 15 is 0 Å². The van der Waals surface area contributed by atoms with Gasteiger partial charge in [0.25, 0.3) is 0 Å². The van der Waals surface area contributed by atoms with E-state index in [-0.39, 0.29) is 5.82 Å². The van der Waals surface area contributed by atoms with Crippen LogP contribution in [0.5, 0.6) is 0 Å². The van der Waals surface area contributed by atoms with Gasteiger partial charge in [-0.15, -0.1) is 5.10 Å². The lowest BCUT2D eigenvalue weighted by atomic mass is 10.0. The number of hydrogen-bond acceptors (Lipinski definition) is 4. The number of tetrazole rings is 1. The summed E-state index contributed by atoms with van der Waals surface area (Å²) in [5.74, 6) is 0.398. The molecule has 6 heteroatoms. The van der Waals surface area contributed by atoms with Crippen molar-refractivity contribution in [3.63, 3.8) is 0 Å². The highest BCUT2D eigenvalue weighted by Gasteiger charge is 2.26. The fourth-order valence-corrected chi connectivity index (χ4v) is 2.96. The summed E-state index contributed by atoms with van der Waals surface area (Å²) in [6.45, 7) is 2.19. The van der Waals surface area contributed by atoms with Gasteiger partial charge in [0.15, 0.2) is 0 Å². The second-order valence-corrected chi connectivity index (χ2v) is 5.27. The van der Waals surface area contributed by atoms with E-state index < -0.39 is 0 Å². The lowest BCUT2D eigenvalue weighted by Crippen LogP contribution is -2.24. The Kier molecular flexibility index (Phi) is 3.62. The number of anilines is 1. The van der Waals surface area contributed by atoms with Gasteiger partial charge >= 0.3 is 0 Å². The molecule has 1 aromatic carbocycles. The molecule has 0 amide bonds. The zero-order valence-electron chi connectivity index (χ0n) is 11.5. The van der Waals surface area contributed by atoms with Crippen LogP contribution in [0.3, 0.4) is 0 Å². The Labute approximate surface area is 117 Å². The van der Waals surface area contributed by atoms with Gasteiger partial charge < -0.3 is 5.32 Å². The third kappa shape index (κ3) is 2.50. The molecule has 0 bridgehead atoms. The first kappa shape index (κ1) is 13.0. The predicted molar refractivity (Wildman–Crippen MR) is 74.2 cm³/mol. The van der Waals surface area contributed by atoms with Gasteiger partial charge in [0.2, 0.25) is 0 Å². The number of rotatable bonds is 4. The molecule has 1 aromatic heterocycles. The maximum Gasteiger partial charge on any atom is 0.146 e. The van der Waals surface area contributed by atoms with Gasteiger partial charge in [0.1, 0.15) is 12.1 Å². The van der Waals surface area contributed by atoms with E-state index in [0.29, 0.717) is 17.6 Å². The van der Waals surface area contributed by atoms with Gasteiger partial charge in [-0.2, -0.15) is 0 Å². The molecule has 0 saturated heterocycles. The van der Waals surface area contributed by atoms with E-state index in [1.807, 2.05) is 0 Å². The van der Waals surface area contributed by atoms with Crippen molar-refractivity contribution < 1.29 is 4.39 Å². The molecule has 1 N–H and O–H groups in total. The molecule has 106 valence electrons. The molecular weight excluding hydrogens is 257 g/mol. The summed E-state index contributed by atoms with van der Waals surface area (Å²) < 4.78 is 15.5. The monoisotopic (exact) mass is 275 g/mol. The van der Waals surface area contributed by atoms with Crippen LogP contribution in [0.25, 0.3) is 5.69 Å². The molecule has 1 saturated carbocycles. The van der Waals surface area contributed by atoms with Crippen LogP contribution in [0.4, 0.5) is 10.1 Å². The van der Waals surface area contributed by atoms with E-state index in [1.165, 1.54) is 29.9 Å². The Morgan fingerprint density at radius 2 is 2.30 bits per heavy atom. The Morgan fingerprint density at radius 3 is 3.05 bits per heavy atom. The smallest absolute Gasteiger partial charge is 0.146 e. The number of aromatic nitrogens is 4. The highest BCUT2D eigenvalue weighted by Crippen LogP contribution is 2.31. The Balaban J connectivity index is 1.83. The van der Waals surface area contributed by atoms with Crippen LogP contribution < -0.4 is 5.32 Å². The lowest BCUT2D eigenvalue weighted by molar-refractivity contribution is 0.486. The Morgan fingerprint density at radius 1 is 1.40 bits per heavy atom. The van der Waals surface area contributed by atoms with Crippen molar-refractivity contribution in [2.45, 2.75) is 38.6 Å². The van der Waals surface area contributed by atoms with Gasteiger partial charge in [-0.05, 0) is 47.4 Å². The minimum Gasteiger partial charge on any atom is -0.380 e. The van der Waals surface area contributed by atoms with Crippen LogP contribution in [0, 0.1) is 11.7 Å². The minimum atomic E-state index is -0.233. The van der Waals surface area contributed by atoms with Crippen molar-refractivity contribution in [1.82, 2.24) is 20.2 Å². The van der Waals surface area contributed by atoms with Crippen LogP contribution in [0.1, 0.15) is 32.6 Å². The fraction of sp³-hybridized carbons (Fsp3) is 0.500. The topological polar surface area (TPSA) is 55.6 Å². The summed E-state index contributed by atoms with van der Waals surface area (Å²) in [4.78, 5) is 0. The van der Waals surface area contributed by atoms with Gasteiger partial charge in [-0.25, -0.2) is 9.07 Å². The van der Waals surface area contributed by atoms with Crippen molar-refractivity contribution in [2.24, 2.45) is 5.92 Å². The second-order valence-electron chi connectivity index (χ2n) is 5.27. The number of nitrogens with one attached hydrogen (secondary N) is 1. The zero-order chi connectivity index (χ0) is 13.9. The van der Waals surface area contributed by atoms with Gasteiger partial charge in [0.05, 0.1) is 11.4 Å². The summed E-state index contributed by atoms with van der Waals surface area (Å²) in [6, 6.07) is 5.24. The van der Waals surface area contributed by atoms with E-state index in [2.05, 4.69) is 27.8 Å². The second kappa shape index (κ2) is 5.56. The molecule has 1 aliphatic rings. The van der Waals surface area contributed by atoms with Crippen LogP contribution in [0.15, 0.2) is 24.5 Å². The van der Waals surface area contributed by atoms with Crippen LogP contribution in [0.2, 0.25) is 0 Å². The molecule has 0 aliphatic heterocycles. The summed E-state index contributed by atoms with van der Waals surface area (Å²) in [5, 5.41) is 14.4. The van der Waals surface area contributed by atoms with Gasteiger partial charge in [-0.1, -0.05) is 19.8 Å². The summed E-state index contributed by atoms with van der Waals surface area (Å²) >= 11 is 0. The van der Waals surface area contributed by atoms with Crippen molar-refractivity contribution in [1.29, 1.82) is 0 Å². The van der Waals surface area contributed by atoms with Crippen LogP contribution >= 0.6 is 0 Å². The zero-order valence-corrected chi connectivity index (χ0v) is 11.5. The van der Waals surface area contributed by atoms with Crippen molar-refractivity contribution in [3.8, 4) is 5.69 Å². The van der Waals surface area contributed by atoms with Crippen molar-refractivity contribution >= 4 is 5.69 Å². The standard InChI is InChI=1S/C14H18FN5/c1-2-10-4-3-5-13(10)17-14-8-11(6-7-12(14)15)20-9-16-18-19-20/h6-10,13,17H,2-5H2,1H3. The van der Waals surface area contributed by atoms with E-state index in [1.54, 1.807) is 12.1 Å². The molecular formula is C14H18FN5.